The Morgan fingerprint density at radius 3 is 1.12 bits per heavy atom. The van der Waals surface area contributed by atoms with Crippen LogP contribution >= 0.6 is 0 Å². The van der Waals surface area contributed by atoms with E-state index < -0.39 is 0 Å². The molecule has 4 aliphatic rings. The minimum atomic E-state index is -0.257. The first-order chi connectivity index (χ1) is 20.0. The summed E-state index contributed by atoms with van der Waals surface area (Å²) in [5.74, 6) is 0. The van der Waals surface area contributed by atoms with E-state index in [2.05, 4.69) is 158 Å². The van der Waals surface area contributed by atoms with Crippen molar-refractivity contribution in [2.75, 3.05) is 0 Å². The van der Waals surface area contributed by atoms with Gasteiger partial charge in [-0.2, -0.15) is 12.2 Å². The molecule has 4 aliphatic carbocycles. The van der Waals surface area contributed by atoms with E-state index in [1.807, 2.05) is 0 Å². The normalized spacial score (nSPS) is 23.7. The molecular formula is C42H62Cl2O2Ti2. The van der Waals surface area contributed by atoms with Gasteiger partial charge in [-0.25, -0.2) is 23.3 Å². The molecule has 0 N–H and O–H groups in total. The first-order valence-corrected chi connectivity index (χ1v) is 16.8. The van der Waals surface area contributed by atoms with Crippen LogP contribution in [0.5, 0.6) is 0 Å². The van der Waals surface area contributed by atoms with E-state index in [1.165, 1.54) is 33.4 Å². The number of ether oxygens (including phenoxy) is 2. The maximum absolute atomic E-state index is 6.71. The van der Waals surface area contributed by atoms with Crippen LogP contribution in [0.15, 0.2) is 82.0 Å². The van der Waals surface area contributed by atoms with E-state index in [-0.39, 0.29) is 101 Å². The maximum Gasteiger partial charge on any atom is 2.00 e. The molecule has 0 aromatic heterocycles. The summed E-state index contributed by atoms with van der Waals surface area (Å²) in [6, 6.07) is 0. The number of halogens is 2. The average molecular weight is 766 g/mol. The molecule has 264 valence electrons. The van der Waals surface area contributed by atoms with E-state index in [0.29, 0.717) is 0 Å². The van der Waals surface area contributed by atoms with Gasteiger partial charge in [0.05, 0.1) is 22.4 Å². The van der Waals surface area contributed by atoms with Crippen LogP contribution in [0, 0.1) is 23.0 Å². The second kappa shape index (κ2) is 19.1. The van der Waals surface area contributed by atoms with Crippen LogP contribution in [-0.4, -0.2) is 22.4 Å². The molecule has 0 radical (unpaired) electrons. The number of rotatable bonds is 6. The number of allylic oxidation sites excluding steroid dienone is 10. The third-order valence-corrected chi connectivity index (χ3v) is 8.34. The van der Waals surface area contributed by atoms with Gasteiger partial charge in [-0.1, -0.05) is 77.0 Å². The van der Waals surface area contributed by atoms with Gasteiger partial charge in [0.1, 0.15) is 0 Å². The van der Waals surface area contributed by atoms with Crippen molar-refractivity contribution in [1.82, 2.24) is 0 Å². The second-order valence-electron chi connectivity index (χ2n) is 17.3. The molecule has 0 fully saturated rings. The summed E-state index contributed by atoms with van der Waals surface area (Å²) in [6.07, 6.45) is 30.6. The predicted octanol–water partition coefficient (Wildman–Crippen LogP) is 5.89. The summed E-state index contributed by atoms with van der Waals surface area (Å²) in [6.45, 7) is 31.1. The summed E-state index contributed by atoms with van der Waals surface area (Å²) in [4.78, 5) is 0. The summed E-state index contributed by atoms with van der Waals surface area (Å²) < 4.78 is 13.4. The van der Waals surface area contributed by atoms with Gasteiger partial charge < -0.3 is 34.3 Å². The summed E-state index contributed by atoms with van der Waals surface area (Å²) in [5, 5.41) is 0. The van der Waals surface area contributed by atoms with Gasteiger partial charge in [-0.15, -0.1) is 12.8 Å². The number of hydrogen-bond acceptors (Lipinski definition) is 2. The van der Waals surface area contributed by atoms with Gasteiger partial charge in [-0.05, 0) is 103 Å². The fourth-order valence-electron chi connectivity index (χ4n) is 7.04. The zero-order chi connectivity index (χ0) is 33.2. The molecule has 0 aliphatic heterocycles. The molecule has 2 atom stereocenters. The zero-order valence-corrected chi connectivity index (χ0v) is 37.1. The molecule has 6 heteroatoms. The maximum atomic E-state index is 6.71. The van der Waals surface area contributed by atoms with Crippen molar-refractivity contribution >= 4 is 0 Å². The predicted molar refractivity (Wildman–Crippen MR) is 189 cm³/mol. The summed E-state index contributed by atoms with van der Waals surface area (Å²) >= 11 is 0. The molecular weight excluding hydrogens is 703 g/mol. The Morgan fingerprint density at radius 1 is 0.583 bits per heavy atom. The third kappa shape index (κ3) is 14.5. The van der Waals surface area contributed by atoms with Gasteiger partial charge in [0.25, 0.3) is 0 Å². The van der Waals surface area contributed by atoms with E-state index in [0.717, 1.165) is 38.5 Å². The van der Waals surface area contributed by atoms with Crippen molar-refractivity contribution in [3.63, 3.8) is 0 Å². The molecule has 4 rings (SSSR count). The Kier molecular flexibility index (Phi) is 19.9. The average Bonchev–Trinajstić information content (AvgIpc) is 3.54. The Morgan fingerprint density at radius 2 is 0.896 bits per heavy atom. The van der Waals surface area contributed by atoms with Crippen molar-refractivity contribution in [2.45, 2.75) is 158 Å². The monoisotopic (exact) mass is 764 g/mol. The van der Waals surface area contributed by atoms with Gasteiger partial charge in [0.2, 0.25) is 0 Å². The van der Waals surface area contributed by atoms with E-state index in [4.69, 9.17) is 9.47 Å². The van der Waals surface area contributed by atoms with Crippen LogP contribution in [-0.2, 0) is 52.9 Å². The molecule has 0 bridgehead atoms. The van der Waals surface area contributed by atoms with Crippen molar-refractivity contribution in [3.05, 3.63) is 94.2 Å². The van der Waals surface area contributed by atoms with Crippen LogP contribution in [0.1, 0.15) is 135 Å². The molecule has 0 saturated carbocycles. The van der Waals surface area contributed by atoms with Gasteiger partial charge in [-0.3, -0.25) is 12.2 Å². The van der Waals surface area contributed by atoms with Crippen LogP contribution in [0.25, 0.3) is 0 Å². The fourth-order valence-corrected chi connectivity index (χ4v) is 7.04. The second-order valence-corrected chi connectivity index (χ2v) is 17.3. The van der Waals surface area contributed by atoms with Crippen molar-refractivity contribution in [3.8, 4) is 0 Å². The molecule has 0 aromatic rings. The van der Waals surface area contributed by atoms with Crippen LogP contribution < -0.4 is 24.8 Å². The summed E-state index contributed by atoms with van der Waals surface area (Å²) in [7, 11) is 0. The summed E-state index contributed by atoms with van der Waals surface area (Å²) in [5.41, 5.74) is 7.39. The molecule has 0 saturated heterocycles. The largest absolute Gasteiger partial charge is 2.00 e. The number of hydrogen-bond donors (Lipinski definition) is 0. The Hall–Kier alpha value is -0.151. The fraction of sp³-hybridized carbons (Fsp3) is 0.619. The molecule has 0 heterocycles. The van der Waals surface area contributed by atoms with E-state index in [1.54, 1.807) is 0 Å². The van der Waals surface area contributed by atoms with Crippen molar-refractivity contribution in [1.29, 1.82) is 0 Å². The van der Waals surface area contributed by atoms with Gasteiger partial charge >= 0.3 is 43.4 Å². The topological polar surface area (TPSA) is 18.5 Å². The first-order valence-electron chi connectivity index (χ1n) is 16.8. The van der Waals surface area contributed by atoms with Crippen molar-refractivity contribution in [2.24, 2.45) is 10.8 Å². The molecule has 0 amide bonds. The Bertz CT molecular complexity index is 1210. The molecule has 2 unspecified atom stereocenters. The molecule has 2 nitrogen and oxygen atoms in total. The molecule has 0 spiro atoms. The van der Waals surface area contributed by atoms with Gasteiger partial charge in [0.15, 0.2) is 0 Å². The quantitative estimate of drug-likeness (QED) is 0.249. The van der Waals surface area contributed by atoms with E-state index in [9.17, 15) is 0 Å². The third-order valence-electron chi connectivity index (χ3n) is 8.34. The molecule has 48 heavy (non-hydrogen) atoms. The minimum Gasteiger partial charge on any atom is -1.00 e. The van der Waals surface area contributed by atoms with Crippen LogP contribution in [0.4, 0.5) is 0 Å². The SMILES string of the molecule is CC1=CCC(CC2=[C-]CC=C2)(OC(C)(C)C)C(C(C)(C)C)=C1.CC1=CCC(CC2=[C-]CC=C2)(OC(C)(C)C)C(C(C)(C)C)=C1.[Cl-].[Cl-].[Ti+2].[Ti+2]. The minimum absolute atomic E-state index is 0. The Balaban J connectivity index is 0. The first kappa shape index (κ1) is 50.0. The molecule has 0 aromatic carbocycles. The smallest absolute Gasteiger partial charge is 1.00 e. The van der Waals surface area contributed by atoms with Crippen molar-refractivity contribution < 1.29 is 77.7 Å². The Labute approximate surface area is 338 Å². The van der Waals surface area contributed by atoms with Crippen LogP contribution in [0.2, 0.25) is 0 Å². The van der Waals surface area contributed by atoms with E-state index >= 15 is 0 Å². The zero-order valence-electron chi connectivity index (χ0n) is 32.4. The standard InChI is InChI=1S/2C21H31O.2ClH.2Ti/c2*1-16-12-13-21(22-20(5,6)7,15-17-10-8-9-11-17)18(14-16)19(2,3)4;;;;/h2*8,10,12,14H,9,13,15H2,1-7H3;2*1H;;/q2*-1;;;2*+2/p-2. The van der Waals surface area contributed by atoms with Crippen LogP contribution in [0.3, 0.4) is 0 Å². The van der Waals surface area contributed by atoms with Gasteiger partial charge in [0, 0.05) is 0 Å².